The smallest absolute Gasteiger partial charge is 0.341 e. The highest BCUT2D eigenvalue weighted by Gasteiger charge is 2.19. The van der Waals surface area contributed by atoms with Gasteiger partial charge in [0.1, 0.15) is 5.00 Å². The number of hydrogen-bond donors (Lipinski definition) is 1. The van der Waals surface area contributed by atoms with Gasteiger partial charge in [-0.2, -0.15) is 0 Å². The Kier molecular flexibility index (Phi) is 6.92. The van der Waals surface area contributed by atoms with Crippen LogP contribution in [0.3, 0.4) is 0 Å². The number of nitrogen functional groups attached to an aromatic ring is 1. The van der Waals surface area contributed by atoms with Gasteiger partial charge in [0, 0.05) is 4.88 Å². The number of ether oxygens (including phenoxy) is 1. The van der Waals surface area contributed by atoms with Gasteiger partial charge in [0.15, 0.2) is 0 Å². The molecule has 3 nitrogen and oxygen atoms in total. The first-order valence-corrected chi connectivity index (χ1v) is 7.89. The highest BCUT2D eigenvalue weighted by Crippen LogP contribution is 2.32. The lowest BCUT2D eigenvalue weighted by atomic mass is 10.1. The second-order valence-electron chi connectivity index (χ2n) is 4.90. The molecule has 1 aromatic heterocycles. The van der Waals surface area contributed by atoms with Crippen molar-refractivity contribution in [2.24, 2.45) is 0 Å². The predicted molar refractivity (Wildman–Crippen MR) is 81.9 cm³/mol. The average molecular weight is 283 g/mol. The van der Waals surface area contributed by atoms with Gasteiger partial charge in [-0.1, -0.05) is 39.0 Å². The van der Waals surface area contributed by atoms with Crippen LogP contribution in [-0.4, -0.2) is 13.1 Å². The van der Waals surface area contributed by atoms with Crippen molar-refractivity contribution >= 4 is 22.3 Å². The van der Waals surface area contributed by atoms with Crippen LogP contribution in [-0.2, 0) is 11.2 Å². The highest BCUT2D eigenvalue weighted by molar-refractivity contribution is 7.16. The topological polar surface area (TPSA) is 52.3 Å². The summed E-state index contributed by atoms with van der Waals surface area (Å²) in [6.07, 6.45) is 8.69. The van der Waals surface area contributed by atoms with Gasteiger partial charge < -0.3 is 10.5 Å². The van der Waals surface area contributed by atoms with Gasteiger partial charge in [0.05, 0.1) is 12.7 Å². The zero-order valence-electron chi connectivity index (χ0n) is 12.3. The Morgan fingerprint density at radius 3 is 2.47 bits per heavy atom. The molecule has 1 rings (SSSR count). The van der Waals surface area contributed by atoms with Crippen molar-refractivity contribution in [1.82, 2.24) is 0 Å². The lowest BCUT2D eigenvalue weighted by molar-refractivity contribution is 0.0601. The number of carbonyl (C=O) groups is 1. The second-order valence-corrected chi connectivity index (χ2v) is 6.04. The molecule has 0 aliphatic carbocycles. The van der Waals surface area contributed by atoms with Crippen LogP contribution in [0.1, 0.15) is 66.2 Å². The number of hydrogen-bond acceptors (Lipinski definition) is 4. The summed E-state index contributed by atoms with van der Waals surface area (Å²) in [4.78, 5) is 12.9. The summed E-state index contributed by atoms with van der Waals surface area (Å²) >= 11 is 1.53. The molecule has 2 N–H and O–H groups in total. The Hall–Kier alpha value is -1.03. The normalized spacial score (nSPS) is 10.7. The van der Waals surface area contributed by atoms with E-state index < -0.39 is 0 Å². The van der Waals surface area contributed by atoms with Crippen LogP contribution < -0.4 is 5.73 Å². The summed E-state index contributed by atoms with van der Waals surface area (Å²) in [5, 5.41) is 0.588. The van der Waals surface area contributed by atoms with E-state index >= 15 is 0 Å². The van der Waals surface area contributed by atoms with Crippen molar-refractivity contribution in [3.05, 3.63) is 16.0 Å². The number of anilines is 1. The third kappa shape index (κ3) is 4.53. The molecule has 1 heterocycles. The molecule has 0 saturated carbocycles. The van der Waals surface area contributed by atoms with E-state index in [1.807, 2.05) is 6.92 Å². The molecule has 4 heteroatoms. The molecule has 0 saturated heterocycles. The average Bonchev–Trinajstić information content (AvgIpc) is 2.68. The van der Waals surface area contributed by atoms with Crippen LogP contribution in [0.2, 0.25) is 0 Å². The summed E-state index contributed by atoms with van der Waals surface area (Å²) in [5.74, 6) is -0.319. The lowest BCUT2D eigenvalue weighted by Crippen LogP contribution is -2.04. The van der Waals surface area contributed by atoms with E-state index in [1.165, 1.54) is 61.8 Å². The number of thiophene rings is 1. The van der Waals surface area contributed by atoms with Crippen LogP contribution in [0.25, 0.3) is 0 Å². The fourth-order valence-electron chi connectivity index (χ4n) is 2.24. The number of aryl methyl sites for hydroxylation is 1. The van der Waals surface area contributed by atoms with E-state index in [0.717, 1.165) is 12.0 Å². The first kappa shape index (κ1) is 16.0. The maximum Gasteiger partial charge on any atom is 0.341 e. The molecule has 0 aliphatic heterocycles. The van der Waals surface area contributed by atoms with E-state index in [4.69, 9.17) is 10.5 Å². The number of methoxy groups -OCH3 is 1. The van der Waals surface area contributed by atoms with Gasteiger partial charge in [-0.3, -0.25) is 0 Å². The zero-order chi connectivity index (χ0) is 14.3. The van der Waals surface area contributed by atoms with Gasteiger partial charge in [0.2, 0.25) is 0 Å². The summed E-state index contributed by atoms with van der Waals surface area (Å²) in [6, 6.07) is 0. The Morgan fingerprint density at radius 1 is 1.21 bits per heavy atom. The molecule has 0 bridgehead atoms. The Bertz CT molecular complexity index is 413. The molecule has 0 aliphatic rings. The molecule has 0 aromatic carbocycles. The van der Waals surface area contributed by atoms with Gasteiger partial charge >= 0.3 is 5.97 Å². The third-order valence-corrected chi connectivity index (χ3v) is 4.60. The maximum absolute atomic E-state index is 11.6. The van der Waals surface area contributed by atoms with Crippen LogP contribution in [0, 0.1) is 6.92 Å². The number of esters is 1. The number of rotatable bonds is 8. The summed E-state index contributed by atoms with van der Waals surface area (Å²) in [5.41, 5.74) is 7.47. The summed E-state index contributed by atoms with van der Waals surface area (Å²) in [6.45, 7) is 4.19. The molecular formula is C15H25NO2S. The van der Waals surface area contributed by atoms with E-state index in [-0.39, 0.29) is 5.97 Å². The van der Waals surface area contributed by atoms with E-state index in [1.54, 1.807) is 0 Å². The van der Waals surface area contributed by atoms with Crippen LogP contribution >= 0.6 is 11.3 Å². The third-order valence-electron chi connectivity index (χ3n) is 3.42. The maximum atomic E-state index is 11.6. The van der Waals surface area contributed by atoms with Crippen molar-refractivity contribution in [3.8, 4) is 0 Å². The van der Waals surface area contributed by atoms with Crippen LogP contribution in [0.15, 0.2) is 0 Å². The first-order valence-electron chi connectivity index (χ1n) is 7.07. The molecule has 0 unspecified atom stereocenters. The molecule has 0 amide bonds. The molecule has 0 fully saturated rings. The summed E-state index contributed by atoms with van der Waals surface area (Å²) in [7, 11) is 1.40. The van der Waals surface area contributed by atoms with Crippen molar-refractivity contribution in [3.63, 3.8) is 0 Å². The SMILES string of the molecule is CCCCCCCCc1sc(N)c(C(=O)OC)c1C. The van der Waals surface area contributed by atoms with E-state index in [2.05, 4.69) is 6.92 Å². The predicted octanol–water partition coefficient (Wildman–Crippen LogP) is 4.33. The lowest BCUT2D eigenvalue weighted by Gasteiger charge is -2.02. The Morgan fingerprint density at radius 2 is 1.84 bits per heavy atom. The standard InChI is InChI=1S/C15H25NO2S/c1-4-5-6-7-8-9-10-12-11(2)13(14(16)19-12)15(17)18-3/h4-10,16H2,1-3H3. The molecule has 0 radical (unpaired) electrons. The second kappa shape index (κ2) is 8.20. The molecule has 1 aromatic rings. The molecular weight excluding hydrogens is 258 g/mol. The minimum Gasteiger partial charge on any atom is -0.465 e. The minimum atomic E-state index is -0.319. The molecule has 0 spiro atoms. The number of unbranched alkanes of at least 4 members (excludes halogenated alkanes) is 5. The zero-order valence-corrected chi connectivity index (χ0v) is 13.1. The minimum absolute atomic E-state index is 0.319. The van der Waals surface area contributed by atoms with E-state index in [9.17, 15) is 4.79 Å². The van der Waals surface area contributed by atoms with Crippen molar-refractivity contribution < 1.29 is 9.53 Å². The molecule has 108 valence electrons. The van der Waals surface area contributed by atoms with Gasteiger partial charge in [-0.25, -0.2) is 4.79 Å². The van der Waals surface area contributed by atoms with Crippen LogP contribution in [0.5, 0.6) is 0 Å². The number of carbonyl (C=O) groups excluding carboxylic acids is 1. The Balaban J connectivity index is 2.49. The quantitative estimate of drug-likeness (QED) is 0.570. The monoisotopic (exact) mass is 283 g/mol. The van der Waals surface area contributed by atoms with Crippen molar-refractivity contribution in [1.29, 1.82) is 0 Å². The van der Waals surface area contributed by atoms with Gasteiger partial charge in [-0.15, -0.1) is 11.3 Å². The molecule has 19 heavy (non-hydrogen) atoms. The van der Waals surface area contributed by atoms with Gasteiger partial charge in [-0.05, 0) is 25.3 Å². The fraction of sp³-hybridized carbons (Fsp3) is 0.667. The van der Waals surface area contributed by atoms with Crippen molar-refractivity contribution in [2.45, 2.75) is 58.8 Å². The first-order chi connectivity index (χ1) is 9.11. The largest absolute Gasteiger partial charge is 0.465 e. The summed E-state index contributed by atoms with van der Waals surface area (Å²) < 4.78 is 4.77. The van der Waals surface area contributed by atoms with Crippen molar-refractivity contribution in [2.75, 3.05) is 12.8 Å². The molecule has 0 atom stereocenters. The Labute approximate surface area is 120 Å². The van der Waals surface area contributed by atoms with E-state index in [0.29, 0.717) is 10.6 Å². The highest BCUT2D eigenvalue weighted by atomic mass is 32.1. The van der Waals surface area contributed by atoms with Gasteiger partial charge in [0.25, 0.3) is 0 Å². The fourth-order valence-corrected chi connectivity index (χ4v) is 3.35. The van der Waals surface area contributed by atoms with Crippen LogP contribution in [0.4, 0.5) is 5.00 Å². The number of nitrogens with two attached hydrogens (primary N) is 1.